The van der Waals surface area contributed by atoms with E-state index in [0.717, 1.165) is 0 Å². The van der Waals surface area contributed by atoms with Crippen molar-refractivity contribution in [2.45, 2.75) is 0 Å². The Morgan fingerprint density at radius 3 is 2.89 bits per heavy atom. The molecule has 6 heteroatoms. The fourth-order valence-electron chi connectivity index (χ4n) is 1.67. The van der Waals surface area contributed by atoms with Crippen LogP contribution in [0.1, 0.15) is 5.69 Å². The monoisotopic (exact) mass is 274 g/mol. The van der Waals surface area contributed by atoms with Crippen molar-refractivity contribution in [3.8, 4) is 23.1 Å². The van der Waals surface area contributed by atoms with Gasteiger partial charge in [-0.3, -0.25) is 0 Å². The van der Waals surface area contributed by atoms with Crippen molar-refractivity contribution in [2.24, 2.45) is 5.73 Å². The van der Waals surface area contributed by atoms with Crippen LogP contribution in [0.2, 0.25) is 0 Å². The molecule has 0 amide bonds. The predicted molar refractivity (Wildman–Crippen MR) is 72.8 cm³/mol. The highest BCUT2D eigenvalue weighted by molar-refractivity contribution is 7.80. The minimum Gasteiger partial charge on any atom is -0.454 e. The van der Waals surface area contributed by atoms with E-state index < -0.39 is 0 Å². The number of nitrogens with two attached hydrogens (primary N) is 1. The number of fused-ring (bicyclic) bond motifs is 1. The van der Waals surface area contributed by atoms with Crippen LogP contribution in [0.4, 0.5) is 0 Å². The van der Waals surface area contributed by atoms with Crippen LogP contribution in [-0.4, -0.2) is 16.8 Å². The van der Waals surface area contributed by atoms with Crippen LogP contribution < -0.4 is 19.9 Å². The Kier molecular flexibility index (Phi) is 2.92. The van der Waals surface area contributed by atoms with Crippen LogP contribution in [0.5, 0.6) is 23.1 Å². The summed E-state index contributed by atoms with van der Waals surface area (Å²) < 4.78 is 16.1. The molecule has 0 bridgehead atoms. The van der Waals surface area contributed by atoms with Gasteiger partial charge in [0.05, 0.1) is 0 Å². The number of ether oxygens (including phenoxy) is 3. The number of rotatable bonds is 3. The fraction of sp³-hybridized carbons (Fsp3) is 0.0769. The molecule has 0 radical (unpaired) electrons. The Hall–Kier alpha value is -2.34. The number of benzene rings is 1. The quantitative estimate of drug-likeness (QED) is 0.866. The van der Waals surface area contributed by atoms with Gasteiger partial charge in [0.25, 0.3) is 0 Å². The number of thiocarbonyl (C=S) groups is 1. The molecule has 0 atom stereocenters. The van der Waals surface area contributed by atoms with E-state index in [-0.39, 0.29) is 11.8 Å². The summed E-state index contributed by atoms with van der Waals surface area (Å²) in [5.74, 6) is 2.39. The highest BCUT2D eigenvalue weighted by atomic mass is 32.1. The summed E-state index contributed by atoms with van der Waals surface area (Å²) in [7, 11) is 0. The lowest BCUT2D eigenvalue weighted by molar-refractivity contribution is 0.174. The SMILES string of the molecule is NC(=S)c1cccc(Oc2ccc3c(c2)OCO3)n1. The second-order valence-corrected chi connectivity index (χ2v) is 4.28. The first-order valence-electron chi connectivity index (χ1n) is 5.57. The lowest BCUT2D eigenvalue weighted by Crippen LogP contribution is -2.11. The van der Waals surface area contributed by atoms with E-state index in [1.807, 2.05) is 0 Å². The summed E-state index contributed by atoms with van der Waals surface area (Å²) in [6, 6.07) is 10.6. The Labute approximate surface area is 114 Å². The van der Waals surface area contributed by atoms with Crippen molar-refractivity contribution in [3.63, 3.8) is 0 Å². The lowest BCUT2D eigenvalue weighted by Gasteiger charge is -2.06. The Balaban J connectivity index is 1.85. The molecule has 1 aromatic carbocycles. The molecule has 2 heterocycles. The average Bonchev–Trinajstić information content (AvgIpc) is 2.86. The first-order valence-corrected chi connectivity index (χ1v) is 5.97. The van der Waals surface area contributed by atoms with Crippen LogP contribution in [-0.2, 0) is 0 Å². The largest absolute Gasteiger partial charge is 0.454 e. The Morgan fingerprint density at radius 1 is 1.21 bits per heavy atom. The summed E-state index contributed by atoms with van der Waals surface area (Å²) in [6.45, 7) is 0.230. The van der Waals surface area contributed by atoms with Crippen LogP contribution in [0.25, 0.3) is 0 Å². The second-order valence-electron chi connectivity index (χ2n) is 3.84. The molecule has 5 nitrogen and oxygen atoms in total. The van der Waals surface area contributed by atoms with Gasteiger partial charge in [0.15, 0.2) is 11.5 Å². The first-order chi connectivity index (χ1) is 9.22. The maximum absolute atomic E-state index is 5.63. The minimum atomic E-state index is 0.230. The molecule has 0 saturated carbocycles. The third-order valence-electron chi connectivity index (χ3n) is 2.54. The van der Waals surface area contributed by atoms with E-state index >= 15 is 0 Å². The molecule has 1 aliphatic heterocycles. The molecule has 0 aliphatic carbocycles. The topological polar surface area (TPSA) is 66.6 Å². The number of hydrogen-bond donors (Lipinski definition) is 1. The summed E-state index contributed by atoms with van der Waals surface area (Å²) in [5.41, 5.74) is 6.05. The predicted octanol–water partition coefficient (Wildman–Crippen LogP) is 2.24. The molecule has 19 heavy (non-hydrogen) atoms. The van der Waals surface area contributed by atoms with Gasteiger partial charge in [-0.1, -0.05) is 18.3 Å². The highest BCUT2D eigenvalue weighted by Crippen LogP contribution is 2.36. The lowest BCUT2D eigenvalue weighted by atomic mass is 10.3. The van der Waals surface area contributed by atoms with E-state index in [9.17, 15) is 0 Å². The van der Waals surface area contributed by atoms with Gasteiger partial charge in [0.2, 0.25) is 12.7 Å². The average molecular weight is 274 g/mol. The molecule has 0 unspecified atom stereocenters. The maximum Gasteiger partial charge on any atom is 0.231 e. The van der Waals surface area contributed by atoms with E-state index in [2.05, 4.69) is 4.98 Å². The third-order valence-corrected chi connectivity index (χ3v) is 2.75. The van der Waals surface area contributed by atoms with Crippen molar-refractivity contribution in [1.29, 1.82) is 0 Å². The second kappa shape index (κ2) is 4.74. The molecule has 1 aromatic heterocycles. The maximum atomic E-state index is 5.63. The molecule has 0 spiro atoms. The van der Waals surface area contributed by atoms with E-state index in [1.54, 1.807) is 36.4 Å². The molecule has 2 aromatic rings. The minimum absolute atomic E-state index is 0.230. The molecular formula is C13H10N2O3S. The van der Waals surface area contributed by atoms with Gasteiger partial charge in [0.1, 0.15) is 16.4 Å². The van der Waals surface area contributed by atoms with Gasteiger partial charge in [0, 0.05) is 12.1 Å². The van der Waals surface area contributed by atoms with Gasteiger partial charge < -0.3 is 19.9 Å². The molecule has 0 saturated heterocycles. The number of hydrogen-bond acceptors (Lipinski definition) is 5. The standard InChI is InChI=1S/C13H10N2O3S/c14-13(19)9-2-1-3-12(15-9)18-8-4-5-10-11(6-8)17-7-16-10/h1-6H,7H2,(H2,14,19). The van der Waals surface area contributed by atoms with Gasteiger partial charge in [-0.25, -0.2) is 4.98 Å². The third kappa shape index (κ3) is 2.43. The van der Waals surface area contributed by atoms with Gasteiger partial charge in [-0.2, -0.15) is 0 Å². The Morgan fingerprint density at radius 2 is 2.05 bits per heavy atom. The fourth-order valence-corrected chi connectivity index (χ4v) is 1.78. The summed E-state index contributed by atoms with van der Waals surface area (Å²) in [6.07, 6.45) is 0. The molecular weight excluding hydrogens is 264 g/mol. The number of pyridine rings is 1. The molecule has 1 aliphatic rings. The van der Waals surface area contributed by atoms with Gasteiger partial charge >= 0.3 is 0 Å². The molecule has 96 valence electrons. The van der Waals surface area contributed by atoms with Crippen molar-refractivity contribution in [1.82, 2.24) is 4.98 Å². The molecule has 3 rings (SSSR count). The zero-order chi connectivity index (χ0) is 13.2. The van der Waals surface area contributed by atoms with Crippen LogP contribution in [0.3, 0.4) is 0 Å². The highest BCUT2D eigenvalue weighted by Gasteiger charge is 2.14. The normalized spacial score (nSPS) is 12.2. The van der Waals surface area contributed by atoms with E-state index in [4.69, 9.17) is 32.2 Å². The van der Waals surface area contributed by atoms with Crippen LogP contribution in [0.15, 0.2) is 36.4 Å². The Bertz CT molecular complexity index is 646. The van der Waals surface area contributed by atoms with E-state index in [0.29, 0.717) is 28.8 Å². The molecule has 2 N–H and O–H groups in total. The molecule has 0 fully saturated rings. The van der Waals surface area contributed by atoms with Gasteiger partial charge in [-0.05, 0) is 18.2 Å². The van der Waals surface area contributed by atoms with Gasteiger partial charge in [-0.15, -0.1) is 0 Å². The smallest absolute Gasteiger partial charge is 0.231 e. The van der Waals surface area contributed by atoms with Crippen molar-refractivity contribution in [2.75, 3.05) is 6.79 Å². The summed E-state index contributed by atoms with van der Waals surface area (Å²) >= 11 is 4.87. The summed E-state index contributed by atoms with van der Waals surface area (Å²) in [5, 5.41) is 0. The summed E-state index contributed by atoms with van der Waals surface area (Å²) in [4.78, 5) is 4.43. The van der Waals surface area contributed by atoms with Crippen LogP contribution in [0, 0.1) is 0 Å². The number of nitrogens with zero attached hydrogens (tertiary/aromatic N) is 1. The van der Waals surface area contributed by atoms with Crippen molar-refractivity contribution < 1.29 is 14.2 Å². The zero-order valence-electron chi connectivity index (χ0n) is 9.83. The van der Waals surface area contributed by atoms with Crippen LogP contribution >= 0.6 is 12.2 Å². The zero-order valence-corrected chi connectivity index (χ0v) is 10.6. The number of aromatic nitrogens is 1. The first kappa shape index (κ1) is 11.7. The van der Waals surface area contributed by atoms with Crippen molar-refractivity contribution in [3.05, 3.63) is 42.1 Å². The van der Waals surface area contributed by atoms with Crippen molar-refractivity contribution >= 4 is 17.2 Å². The van der Waals surface area contributed by atoms with E-state index in [1.165, 1.54) is 0 Å².